The van der Waals surface area contributed by atoms with Crippen molar-refractivity contribution in [1.82, 2.24) is 10.2 Å². The van der Waals surface area contributed by atoms with Crippen molar-refractivity contribution in [3.63, 3.8) is 0 Å². The average molecular weight is 383 g/mol. The second kappa shape index (κ2) is 6.49. The van der Waals surface area contributed by atoms with Crippen LogP contribution in [0.4, 0.5) is 10.5 Å². The van der Waals surface area contributed by atoms with Crippen LogP contribution < -0.4 is 10.6 Å². The number of carbonyl (C=O) groups is 3. The summed E-state index contributed by atoms with van der Waals surface area (Å²) in [5.74, 6) is -0.720. The average Bonchev–Trinajstić information content (AvgIpc) is 3.19. The van der Waals surface area contributed by atoms with Gasteiger partial charge in [-0.3, -0.25) is 14.5 Å². The summed E-state index contributed by atoms with van der Waals surface area (Å²) >= 11 is 1.61. The molecule has 27 heavy (non-hydrogen) atoms. The summed E-state index contributed by atoms with van der Waals surface area (Å²) in [4.78, 5) is 40.2. The van der Waals surface area contributed by atoms with E-state index >= 15 is 0 Å². The van der Waals surface area contributed by atoms with Gasteiger partial charge in [-0.1, -0.05) is 6.07 Å². The summed E-state index contributed by atoms with van der Waals surface area (Å²) in [6, 6.07) is 7.02. The van der Waals surface area contributed by atoms with Gasteiger partial charge >= 0.3 is 6.03 Å². The highest BCUT2D eigenvalue weighted by molar-refractivity contribution is 7.10. The first-order valence-corrected chi connectivity index (χ1v) is 9.87. The number of thiophene rings is 1. The molecule has 140 valence electrons. The molecule has 1 saturated heterocycles. The van der Waals surface area contributed by atoms with Gasteiger partial charge in [-0.2, -0.15) is 0 Å². The first-order chi connectivity index (χ1) is 12.9. The second-order valence-corrected chi connectivity index (χ2v) is 8.19. The summed E-state index contributed by atoms with van der Waals surface area (Å²) < 4.78 is 0. The van der Waals surface area contributed by atoms with Crippen molar-refractivity contribution in [2.75, 3.05) is 11.9 Å². The standard InChI is InChI=1S/C20H21N3O3S/c1-12-5-6-14(10-13(12)2)21-17(24)11-23-18(25)20(22-19(23)26)8-3-4-16-15(20)7-9-27-16/h5-7,9-10H,3-4,8,11H2,1-2H3,(H,21,24)(H,22,26)/t20-/m0/s1. The van der Waals surface area contributed by atoms with E-state index in [9.17, 15) is 14.4 Å². The van der Waals surface area contributed by atoms with Crippen molar-refractivity contribution in [3.05, 3.63) is 51.2 Å². The number of anilines is 1. The fourth-order valence-electron chi connectivity index (χ4n) is 3.85. The molecule has 0 radical (unpaired) electrons. The molecule has 0 bridgehead atoms. The lowest BCUT2D eigenvalue weighted by Crippen LogP contribution is -2.46. The first kappa shape index (κ1) is 17.7. The molecule has 6 nitrogen and oxygen atoms in total. The van der Waals surface area contributed by atoms with Crippen molar-refractivity contribution in [3.8, 4) is 0 Å². The Labute approximate surface area is 161 Å². The Balaban J connectivity index is 1.52. The molecular formula is C20H21N3O3S. The number of rotatable bonds is 3. The molecule has 1 aliphatic heterocycles. The summed E-state index contributed by atoms with van der Waals surface area (Å²) in [7, 11) is 0. The maximum absolute atomic E-state index is 13.1. The number of benzene rings is 1. The molecule has 1 aliphatic carbocycles. The van der Waals surface area contributed by atoms with Crippen molar-refractivity contribution in [2.45, 2.75) is 38.6 Å². The van der Waals surface area contributed by atoms with E-state index in [0.29, 0.717) is 12.1 Å². The highest BCUT2D eigenvalue weighted by Crippen LogP contribution is 2.42. The Bertz CT molecular complexity index is 952. The fraction of sp³-hybridized carbons (Fsp3) is 0.350. The van der Waals surface area contributed by atoms with Crippen LogP contribution in [-0.4, -0.2) is 29.3 Å². The molecule has 1 aromatic heterocycles. The number of hydrogen-bond donors (Lipinski definition) is 2. The lowest BCUT2D eigenvalue weighted by Gasteiger charge is -2.31. The first-order valence-electron chi connectivity index (χ1n) is 8.99. The molecule has 1 aromatic carbocycles. The van der Waals surface area contributed by atoms with Crippen LogP contribution in [0, 0.1) is 13.8 Å². The van der Waals surface area contributed by atoms with Gasteiger partial charge in [-0.15, -0.1) is 11.3 Å². The Kier molecular flexibility index (Phi) is 4.26. The van der Waals surface area contributed by atoms with Gasteiger partial charge in [0.2, 0.25) is 5.91 Å². The van der Waals surface area contributed by atoms with E-state index in [1.165, 1.54) is 0 Å². The molecule has 4 amide bonds. The van der Waals surface area contributed by atoms with Crippen LogP contribution in [0.15, 0.2) is 29.6 Å². The van der Waals surface area contributed by atoms with Crippen LogP contribution in [0.25, 0.3) is 0 Å². The Hall–Kier alpha value is -2.67. The minimum atomic E-state index is -1.01. The van der Waals surface area contributed by atoms with Crippen LogP contribution >= 0.6 is 11.3 Å². The van der Waals surface area contributed by atoms with Gasteiger partial charge in [0.25, 0.3) is 5.91 Å². The second-order valence-electron chi connectivity index (χ2n) is 7.19. The van der Waals surface area contributed by atoms with E-state index in [1.54, 1.807) is 11.3 Å². The van der Waals surface area contributed by atoms with Gasteiger partial charge in [0, 0.05) is 16.1 Å². The number of amides is 4. The maximum atomic E-state index is 13.1. The number of fused-ring (bicyclic) bond motifs is 2. The number of nitrogens with one attached hydrogen (secondary N) is 2. The lowest BCUT2D eigenvalue weighted by atomic mass is 9.80. The smallest absolute Gasteiger partial charge is 0.325 e. The van der Waals surface area contributed by atoms with Crippen LogP contribution in [0.5, 0.6) is 0 Å². The molecule has 1 spiro atoms. The monoisotopic (exact) mass is 383 g/mol. The number of aryl methyl sites for hydroxylation is 3. The van der Waals surface area contributed by atoms with Crippen LogP contribution in [-0.2, 0) is 21.5 Å². The predicted octanol–water partition coefficient (Wildman–Crippen LogP) is 3.09. The number of nitrogens with zero attached hydrogens (tertiary/aromatic N) is 1. The number of urea groups is 1. The number of imide groups is 1. The number of hydrogen-bond acceptors (Lipinski definition) is 4. The zero-order valence-electron chi connectivity index (χ0n) is 15.3. The molecule has 4 rings (SSSR count). The molecule has 1 atom stereocenters. The summed E-state index contributed by atoms with van der Waals surface area (Å²) in [6.07, 6.45) is 2.32. The van der Waals surface area contributed by atoms with Gasteiger partial charge < -0.3 is 10.6 Å². The van der Waals surface area contributed by atoms with Crippen molar-refractivity contribution in [1.29, 1.82) is 0 Å². The maximum Gasteiger partial charge on any atom is 0.325 e. The third-order valence-electron chi connectivity index (χ3n) is 5.43. The van der Waals surface area contributed by atoms with Crippen molar-refractivity contribution < 1.29 is 14.4 Å². The summed E-state index contributed by atoms with van der Waals surface area (Å²) in [6.45, 7) is 3.67. The highest BCUT2D eigenvalue weighted by atomic mass is 32.1. The molecule has 0 unspecified atom stereocenters. The topological polar surface area (TPSA) is 78.5 Å². The quantitative estimate of drug-likeness (QED) is 0.800. The van der Waals surface area contributed by atoms with Crippen molar-refractivity contribution in [2.24, 2.45) is 0 Å². The van der Waals surface area contributed by atoms with Crippen LogP contribution in [0.1, 0.15) is 34.4 Å². The van der Waals surface area contributed by atoms with Gasteiger partial charge in [0.1, 0.15) is 12.1 Å². The predicted molar refractivity (Wildman–Crippen MR) is 104 cm³/mol. The van der Waals surface area contributed by atoms with E-state index in [0.717, 1.165) is 39.3 Å². The Morgan fingerprint density at radius 1 is 1.26 bits per heavy atom. The molecule has 2 heterocycles. The Morgan fingerprint density at radius 3 is 2.85 bits per heavy atom. The molecule has 1 fully saturated rings. The Morgan fingerprint density at radius 2 is 2.07 bits per heavy atom. The minimum Gasteiger partial charge on any atom is -0.325 e. The zero-order chi connectivity index (χ0) is 19.2. The number of carbonyl (C=O) groups excluding carboxylic acids is 3. The van der Waals surface area contributed by atoms with Gasteiger partial charge in [0.15, 0.2) is 0 Å². The highest BCUT2D eigenvalue weighted by Gasteiger charge is 2.54. The summed E-state index contributed by atoms with van der Waals surface area (Å²) in [5, 5.41) is 7.58. The van der Waals surface area contributed by atoms with E-state index in [-0.39, 0.29) is 18.4 Å². The SMILES string of the molecule is Cc1ccc(NC(=O)CN2C(=O)N[C@]3(CCCc4sccc43)C2=O)cc1C. The molecule has 2 aliphatic rings. The minimum absolute atomic E-state index is 0.293. The molecule has 2 N–H and O–H groups in total. The summed E-state index contributed by atoms with van der Waals surface area (Å²) in [5.41, 5.74) is 2.73. The van der Waals surface area contributed by atoms with E-state index in [4.69, 9.17) is 0 Å². The van der Waals surface area contributed by atoms with Gasteiger partial charge in [-0.05, 0) is 67.8 Å². The van der Waals surface area contributed by atoms with Crippen molar-refractivity contribution >= 4 is 34.9 Å². The lowest BCUT2D eigenvalue weighted by molar-refractivity contribution is -0.134. The van der Waals surface area contributed by atoms with E-state index in [2.05, 4.69) is 10.6 Å². The van der Waals surface area contributed by atoms with Gasteiger partial charge in [0.05, 0.1) is 0 Å². The third kappa shape index (κ3) is 2.92. The largest absolute Gasteiger partial charge is 0.325 e. The van der Waals surface area contributed by atoms with E-state index in [1.807, 2.05) is 43.5 Å². The molecular weight excluding hydrogens is 362 g/mol. The fourth-order valence-corrected chi connectivity index (χ4v) is 4.85. The van der Waals surface area contributed by atoms with Crippen LogP contribution in [0.2, 0.25) is 0 Å². The van der Waals surface area contributed by atoms with E-state index < -0.39 is 11.6 Å². The third-order valence-corrected chi connectivity index (χ3v) is 6.41. The van der Waals surface area contributed by atoms with Crippen LogP contribution in [0.3, 0.4) is 0 Å². The van der Waals surface area contributed by atoms with Gasteiger partial charge in [-0.25, -0.2) is 4.79 Å². The zero-order valence-corrected chi connectivity index (χ0v) is 16.1. The molecule has 7 heteroatoms. The normalized spacial score (nSPS) is 21.3. The molecule has 2 aromatic rings. The molecule has 0 saturated carbocycles.